The summed E-state index contributed by atoms with van der Waals surface area (Å²) in [6, 6.07) is 4.84. The highest BCUT2D eigenvalue weighted by atomic mass is 16.6. The molecule has 1 aromatic carbocycles. The lowest BCUT2D eigenvalue weighted by Crippen LogP contribution is -2.50. The van der Waals surface area contributed by atoms with Crippen LogP contribution in [0.4, 0.5) is 16.2 Å². The number of piperazine rings is 1. The number of aromatic carboxylic acids is 1. The van der Waals surface area contributed by atoms with Gasteiger partial charge in [0.1, 0.15) is 5.60 Å². The molecule has 2 rings (SSSR count). The Morgan fingerprint density at radius 3 is 2.30 bits per heavy atom. The molecule has 1 aliphatic rings. The Bertz CT molecular complexity index is 602. The van der Waals surface area contributed by atoms with Gasteiger partial charge >= 0.3 is 12.1 Å². The molecule has 0 atom stereocenters. The Balaban J connectivity index is 2.08. The molecule has 0 unspecified atom stereocenters. The van der Waals surface area contributed by atoms with Crippen molar-refractivity contribution in [1.82, 2.24) is 4.90 Å². The molecule has 1 saturated heterocycles. The van der Waals surface area contributed by atoms with Gasteiger partial charge in [-0.1, -0.05) is 6.07 Å². The van der Waals surface area contributed by atoms with Crippen molar-refractivity contribution in [1.29, 1.82) is 0 Å². The van der Waals surface area contributed by atoms with E-state index in [-0.39, 0.29) is 11.7 Å². The molecule has 7 nitrogen and oxygen atoms in total. The van der Waals surface area contributed by atoms with Gasteiger partial charge in [0.2, 0.25) is 0 Å². The van der Waals surface area contributed by atoms with Gasteiger partial charge in [0, 0.05) is 26.2 Å². The van der Waals surface area contributed by atoms with Crippen LogP contribution in [0.3, 0.4) is 0 Å². The van der Waals surface area contributed by atoms with E-state index in [9.17, 15) is 14.7 Å². The van der Waals surface area contributed by atoms with Gasteiger partial charge in [-0.2, -0.15) is 0 Å². The van der Waals surface area contributed by atoms with Crippen LogP contribution in [0.1, 0.15) is 31.1 Å². The zero-order valence-corrected chi connectivity index (χ0v) is 13.7. The molecule has 0 spiro atoms. The minimum absolute atomic E-state index is 0.177. The lowest BCUT2D eigenvalue weighted by molar-refractivity contribution is 0.0240. The first-order chi connectivity index (χ1) is 10.7. The molecule has 0 saturated carbocycles. The number of hydrogen-bond donors (Lipinski definition) is 2. The van der Waals surface area contributed by atoms with Gasteiger partial charge in [0.15, 0.2) is 0 Å². The second-order valence-corrected chi connectivity index (χ2v) is 6.50. The number of carboxylic acid groups (broad SMARTS) is 1. The van der Waals surface area contributed by atoms with Gasteiger partial charge in [-0.25, -0.2) is 9.59 Å². The van der Waals surface area contributed by atoms with E-state index in [4.69, 9.17) is 10.5 Å². The zero-order chi connectivity index (χ0) is 17.2. The van der Waals surface area contributed by atoms with Gasteiger partial charge in [-0.05, 0) is 32.9 Å². The molecule has 0 bridgehead atoms. The highest BCUT2D eigenvalue weighted by molar-refractivity contribution is 5.98. The number of anilines is 2. The fraction of sp³-hybridized carbons (Fsp3) is 0.500. The van der Waals surface area contributed by atoms with E-state index in [1.54, 1.807) is 17.0 Å². The van der Waals surface area contributed by atoms with Crippen LogP contribution in [0.25, 0.3) is 0 Å². The number of rotatable bonds is 2. The minimum Gasteiger partial charge on any atom is -0.478 e. The Hall–Kier alpha value is -2.44. The second kappa shape index (κ2) is 6.36. The standard InChI is InChI=1S/C16H23N3O4/c1-16(2,3)23-15(22)19-9-7-18(8-10-19)13-11(14(20)21)5-4-6-12(13)17/h4-6H,7-10,17H2,1-3H3,(H,20,21). The van der Waals surface area contributed by atoms with Crippen LogP contribution in [0.5, 0.6) is 0 Å². The molecule has 23 heavy (non-hydrogen) atoms. The first-order valence-corrected chi connectivity index (χ1v) is 7.53. The molecule has 3 N–H and O–H groups in total. The number of carboxylic acids is 1. The molecule has 1 amide bonds. The molecular formula is C16H23N3O4. The summed E-state index contributed by atoms with van der Waals surface area (Å²) in [5.74, 6) is -1.01. The van der Waals surface area contributed by atoms with E-state index in [0.717, 1.165) is 0 Å². The average Bonchev–Trinajstić information content (AvgIpc) is 2.45. The summed E-state index contributed by atoms with van der Waals surface area (Å²) in [6.07, 6.45) is -0.350. The molecular weight excluding hydrogens is 298 g/mol. The molecule has 0 radical (unpaired) electrons. The van der Waals surface area contributed by atoms with Gasteiger partial charge in [-0.15, -0.1) is 0 Å². The van der Waals surface area contributed by atoms with Gasteiger partial charge in [0.05, 0.1) is 16.9 Å². The van der Waals surface area contributed by atoms with Crippen LogP contribution in [0, 0.1) is 0 Å². The van der Waals surface area contributed by atoms with Crippen molar-refractivity contribution in [3.05, 3.63) is 23.8 Å². The molecule has 0 aliphatic carbocycles. The van der Waals surface area contributed by atoms with Crippen LogP contribution >= 0.6 is 0 Å². The SMILES string of the molecule is CC(C)(C)OC(=O)N1CCN(c2c(N)cccc2C(=O)O)CC1. The minimum atomic E-state index is -1.01. The number of para-hydroxylation sites is 1. The smallest absolute Gasteiger partial charge is 0.410 e. The molecule has 1 aliphatic heterocycles. The third-order valence-corrected chi connectivity index (χ3v) is 3.55. The van der Waals surface area contributed by atoms with Crippen molar-refractivity contribution in [2.45, 2.75) is 26.4 Å². The Morgan fingerprint density at radius 1 is 1.17 bits per heavy atom. The Morgan fingerprint density at radius 2 is 1.78 bits per heavy atom. The third-order valence-electron chi connectivity index (χ3n) is 3.55. The topological polar surface area (TPSA) is 96.1 Å². The van der Waals surface area contributed by atoms with Crippen LogP contribution in [-0.2, 0) is 4.74 Å². The highest BCUT2D eigenvalue weighted by Gasteiger charge is 2.28. The molecule has 126 valence electrons. The van der Waals surface area contributed by atoms with Crippen molar-refractivity contribution in [2.24, 2.45) is 0 Å². The van der Waals surface area contributed by atoms with E-state index in [2.05, 4.69) is 0 Å². The van der Waals surface area contributed by atoms with E-state index in [1.165, 1.54) is 6.07 Å². The number of carbonyl (C=O) groups is 2. The maximum Gasteiger partial charge on any atom is 0.410 e. The second-order valence-electron chi connectivity index (χ2n) is 6.50. The van der Waals surface area contributed by atoms with Gasteiger partial charge in [0.25, 0.3) is 0 Å². The van der Waals surface area contributed by atoms with Crippen molar-refractivity contribution in [3.63, 3.8) is 0 Å². The van der Waals surface area contributed by atoms with E-state index >= 15 is 0 Å². The number of amides is 1. The number of nitrogens with zero attached hydrogens (tertiary/aromatic N) is 2. The van der Waals surface area contributed by atoms with E-state index in [1.807, 2.05) is 25.7 Å². The largest absolute Gasteiger partial charge is 0.478 e. The summed E-state index contributed by atoms with van der Waals surface area (Å²) >= 11 is 0. The maximum atomic E-state index is 12.1. The number of ether oxygens (including phenoxy) is 1. The summed E-state index contributed by atoms with van der Waals surface area (Å²) in [5.41, 5.74) is 6.54. The lowest BCUT2D eigenvalue weighted by atomic mass is 10.1. The zero-order valence-electron chi connectivity index (χ0n) is 13.7. The summed E-state index contributed by atoms with van der Waals surface area (Å²) in [5, 5.41) is 9.32. The van der Waals surface area contributed by atoms with E-state index < -0.39 is 11.6 Å². The number of carbonyl (C=O) groups excluding carboxylic acids is 1. The summed E-state index contributed by atoms with van der Waals surface area (Å²) in [4.78, 5) is 27.0. The summed E-state index contributed by atoms with van der Waals surface area (Å²) in [7, 11) is 0. The fourth-order valence-corrected chi connectivity index (χ4v) is 2.53. The third kappa shape index (κ3) is 4.06. The van der Waals surface area contributed by atoms with Crippen LogP contribution in [0.2, 0.25) is 0 Å². The first-order valence-electron chi connectivity index (χ1n) is 7.53. The maximum absolute atomic E-state index is 12.1. The Labute approximate surface area is 135 Å². The number of nitrogens with two attached hydrogens (primary N) is 1. The quantitative estimate of drug-likeness (QED) is 0.809. The molecule has 1 aromatic rings. The normalized spacial score (nSPS) is 15.4. The molecule has 7 heteroatoms. The molecule has 1 fully saturated rings. The van der Waals surface area contributed by atoms with Crippen molar-refractivity contribution in [3.8, 4) is 0 Å². The van der Waals surface area contributed by atoms with Gasteiger partial charge < -0.3 is 25.4 Å². The summed E-state index contributed by atoms with van der Waals surface area (Å²) in [6.45, 7) is 7.41. The summed E-state index contributed by atoms with van der Waals surface area (Å²) < 4.78 is 5.35. The monoisotopic (exact) mass is 321 g/mol. The predicted octanol–water partition coefficient (Wildman–Crippen LogP) is 2.02. The lowest BCUT2D eigenvalue weighted by Gasteiger charge is -2.37. The van der Waals surface area contributed by atoms with Gasteiger partial charge in [-0.3, -0.25) is 0 Å². The van der Waals surface area contributed by atoms with Crippen molar-refractivity contribution < 1.29 is 19.4 Å². The number of nitrogen functional groups attached to an aromatic ring is 1. The average molecular weight is 321 g/mol. The molecule has 1 heterocycles. The van der Waals surface area contributed by atoms with Crippen molar-refractivity contribution in [2.75, 3.05) is 36.8 Å². The molecule has 0 aromatic heterocycles. The Kier molecular flexibility index (Phi) is 4.68. The number of hydrogen-bond acceptors (Lipinski definition) is 5. The fourth-order valence-electron chi connectivity index (χ4n) is 2.53. The van der Waals surface area contributed by atoms with Crippen molar-refractivity contribution >= 4 is 23.4 Å². The van der Waals surface area contributed by atoms with Crippen LogP contribution < -0.4 is 10.6 Å². The van der Waals surface area contributed by atoms with E-state index in [0.29, 0.717) is 37.6 Å². The first kappa shape index (κ1) is 16.9. The predicted molar refractivity (Wildman–Crippen MR) is 87.8 cm³/mol. The number of benzene rings is 1. The van der Waals surface area contributed by atoms with Crippen LogP contribution in [0.15, 0.2) is 18.2 Å². The van der Waals surface area contributed by atoms with Crippen LogP contribution in [-0.4, -0.2) is 53.8 Å². The highest BCUT2D eigenvalue weighted by Crippen LogP contribution is 2.29.